The van der Waals surface area contributed by atoms with Crippen molar-refractivity contribution in [3.05, 3.63) is 154 Å². The molecule has 730 valence electrons. The van der Waals surface area contributed by atoms with Crippen LogP contribution in [0.1, 0.15) is 178 Å². The molecule has 0 radical (unpaired) electrons. The summed E-state index contributed by atoms with van der Waals surface area (Å²) in [6, 6.07) is 22.7. The third-order valence-electron chi connectivity index (χ3n) is 22.9. The number of nitrogens with one attached hydrogen (secondary N) is 7. The van der Waals surface area contributed by atoms with E-state index >= 15 is 0 Å². The molecule has 0 aliphatic carbocycles. The maximum atomic E-state index is 14.8. The summed E-state index contributed by atoms with van der Waals surface area (Å²) in [4.78, 5) is 221. The summed E-state index contributed by atoms with van der Waals surface area (Å²) in [5, 5.41) is 40.4. The quantitative estimate of drug-likeness (QED) is 0.00509. The molecule has 1 heterocycles. The van der Waals surface area contributed by atoms with Crippen molar-refractivity contribution in [2.45, 2.75) is 222 Å². The highest BCUT2D eigenvalue weighted by Crippen LogP contribution is 2.33. The number of hydrogen-bond acceptors (Lipinski definition) is 26. The van der Waals surface area contributed by atoms with Crippen molar-refractivity contribution in [2.24, 2.45) is 53.3 Å². The van der Waals surface area contributed by atoms with Gasteiger partial charge in [0.25, 0.3) is 5.69 Å². The average molecular weight is 1860 g/mol. The molecular weight excluding hydrogens is 1720 g/mol. The van der Waals surface area contributed by atoms with E-state index in [1.54, 1.807) is 133 Å². The van der Waals surface area contributed by atoms with E-state index in [0.717, 1.165) is 24.3 Å². The highest BCUT2D eigenvalue weighted by molar-refractivity contribution is 6.00. The fourth-order valence-corrected chi connectivity index (χ4v) is 15.0. The van der Waals surface area contributed by atoms with Crippen LogP contribution in [0.15, 0.2) is 127 Å². The molecule has 1 fully saturated rings. The Balaban J connectivity index is 0.000000673. The molecule has 0 aromatic heterocycles. The monoisotopic (exact) mass is 1860 g/mol. The molecule has 1 saturated heterocycles. The van der Waals surface area contributed by atoms with Crippen LogP contribution in [0.4, 0.5) is 26.7 Å². The zero-order valence-electron chi connectivity index (χ0n) is 79.9. The number of carbonyl (C=O) groups excluding carboxylic acids is 16. The van der Waals surface area contributed by atoms with Gasteiger partial charge in [-0.05, 0) is 102 Å². The number of non-ortho nitro benzene ring substituents is 1. The van der Waals surface area contributed by atoms with Gasteiger partial charge in [0, 0.05) is 146 Å². The topological polar surface area (TPSA) is 495 Å². The van der Waals surface area contributed by atoms with E-state index in [9.17, 15) is 91.9 Å². The summed E-state index contributed by atoms with van der Waals surface area (Å²) in [6.45, 7) is 25.1. The third kappa shape index (κ3) is 37.5. The highest BCUT2D eigenvalue weighted by Gasteiger charge is 2.45. The first-order valence-electron chi connectivity index (χ1n) is 44.5. The predicted octanol–water partition coefficient (Wildman–Crippen LogP) is 9.80. The number of anilines is 2. The molecule has 4 aromatic rings. The molecule has 37 nitrogen and oxygen atoms in total. The van der Waals surface area contributed by atoms with Gasteiger partial charge in [0.15, 0.2) is 17.3 Å². The normalized spacial score (nSPS) is 15.4. The van der Waals surface area contributed by atoms with Crippen LogP contribution in [0.2, 0.25) is 0 Å². The summed E-state index contributed by atoms with van der Waals surface area (Å²) >= 11 is 0. The second kappa shape index (κ2) is 56.9. The number of aliphatic hydroxyl groups excluding tert-OH is 1. The Morgan fingerprint density at radius 1 is 0.549 bits per heavy atom. The van der Waals surface area contributed by atoms with Gasteiger partial charge in [-0.15, -0.1) is 0 Å². The number of hydrogen-bond donors (Lipinski definition) is 8. The van der Waals surface area contributed by atoms with Crippen molar-refractivity contribution in [3.8, 4) is 5.75 Å². The van der Waals surface area contributed by atoms with Crippen molar-refractivity contribution in [1.82, 2.24) is 41.3 Å². The number of likely N-dealkylation sites (tertiary alicyclic amines) is 1. The van der Waals surface area contributed by atoms with Gasteiger partial charge in [-0.1, -0.05) is 151 Å². The number of rotatable bonds is 51. The van der Waals surface area contributed by atoms with Gasteiger partial charge in [-0.3, -0.25) is 67.6 Å². The predicted molar refractivity (Wildman–Crippen MR) is 492 cm³/mol. The van der Waals surface area contributed by atoms with Gasteiger partial charge in [-0.25, -0.2) is 19.2 Å². The fourth-order valence-electron chi connectivity index (χ4n) is 15.0. The summed E-state index contributed by atoms with van der Waals surface area (Å²) in [6.07, 6.45) is 0.954. The summed E-state index contributed by atoms with van der Waals surface area (Å²) in [5.74, 6) is -10.4. The standard InChI is InChI=1S/C65H99N7O15.C31H36N4O11/c1-17-41(8)59(52(84-14)36-55(77)72-33-21-24-49(72)61(86-16)43(10)63(81)67-44(11)60(79)46-22-19-18-20-23-46)70(12)64(82)48(38(2)3)35-51(74)58(40(6)7)71(13)65(83)87-37-45-25-27-47(28-26-45)68-62(80)42(9)34-50(73)57(39(4)5)69-54(76)31-32-66-53(75)29-30-56(78)85-15;1-19(2)29(34-27(38)15-16-32-26(37)13-14-28(39)44-4)25(36)17-20(3)30(40)33-22-7-5-21(6-8-22)18-45-31(41)46-24-11-9-23(10-12-24)35(42)43/h18-20,22-23,25-30,38-44,48-49,52,57-61,79H,17,21,24,31-37H2,1-16H3,(H,66,75)(H,67,81)(H,68,80)(H,69,76);5-14,19-20,29H,15-18H2,1-4H3,(H,32,37)(H,33,40)(H,34,38)/b30-29-;14-13-/t41-,42+,43+,44+,48-,49-,52+,57-,58-,59-,60+,61+;20-,29+/m01/s1. The number of esters is 2. The van der Waals surface area contributed by atoms with Gasteiger partial charge in [0.05, 0.1) is 86.0 Å². The fraction of sp³-hybridized carbons (Fsp3) is 0.542. The zero-order chi connectivity index (χ0) is 99.6. The molecule has 0 saturated carbocycles. The van der Waals surface area contributed by atoms with Crippen molar-refractivity contribution in [3.63, 3.8) is 0 Å². The number of benzene rings is 4. The maximum Gasteiger partial charge on any atom is 0.514 e. The summed E-state index contributed by atoms with van der Waals surface area (Å²) < 4.78 is 36.6. The van der Waals surface area contributed by atoms with Crippen LogP contribution in [0, 0.1) is 63.4 Å². The van der Waals surface area contributed by atoms with Gasteiger partial charge in [0.1, 0.15) is 19.0 Å². The molecule has 0 spiro atoms. The number of ether oxygens (including phenoxy) is 7. The van der Waals surface area contributed by atoms with E-state index in [4.69, 9.17) is 23.7 Å². The van der Waals surface area contributed by atoms with Crippen LogP contribution in [0.5, 0.6) is 5.75 Å². The van der Waals surface area contributed by atoms with E-state index in [0.29, 0.717) is 53.9 Å². The molecule has 5 rings (SSSR count). The molecule has 0 bridgehead atoms. The molecule has 133 heavy (non-hydrogen) atoms. The minimum Gasteiger partial charge on any atom is -0.466 e. The van der Waals surface area contributed by atoms with Crippen LogP contribution in [-0.2, 0) is 109 Å². The van der Waals surface area contributed by atoms with E-state index in [1.807, 2.05) is 59.7 Å². The van der Waals surface area contributed by atoms with E-state index in [2.05, 4.69) is 46.7 Å². The largest absolute Gasteiger partial charge is 0.514 e. The Morgan fingerprint density at radius 2 is 1.03 bits per heavy atom. The lowest BCUT2D eigenvalue weighted by atomic mass is 9.83. The molecule has 8 N–H and O–H groups in total. The first kappa shape index (κ1) is 113. The lowest BCUT2D eigenvalue weighted by Gasteiger charge is -2.41. The molecule has 1 aliphatic rings. The minimum atomic E-state index is -1.00. The van der Waals surface area contributed by atoms with Crippen molar-refractivity contribution < 1.29 is 120 Å². The SMILES string of the molecule is CC[C@H](C)[C@@H]([C@@H](CC(=O)N1CCC[C@H]1[C@H](OC)[C@@H](C)C(=O)N[C@H](C)[C@@H](O)c1ccccc1)OC)N(C)C(=O)[C@@H](CC(=O)[C@H](C(C)C)N(C)C(=O)OCc1ccc(NC(=O)[C@H](C)CC(=O)[C@@H](NC(=O)CCNC(=O)/C=C\C(=O)OC)C(C)C)cc1)C(C)C.COC(=O)/C=C\C(=O)NCCC(=O)N[C@H](C(=O)C[C@@H](C)C(=O)Nc1ccc(COC(=O)Oc2ccc([N+](=O)[O-])cc2)cc1)C(C)C. The number of amides is 10. The average Bonchev–Trinajstić information content (AvgIpc) is 1.71. The number of likely N-dealkylation sites (N-methyl/N-ethyl adjacent to an activating group) is 2. The van der Waals surface area contributed by atoms with Gasteiger partial charge in [0.2, 0.25) is 53.2 Å². The number of ketones is 3. The number of Topliss-reactive ketones (excluding diaryl/α,β-unsaturated/α-hetero) is 3. The van der Waals surface area contributed by atoms with Crippen molar-refractivity contribution >= 4 is 112 Å². The maximum absolute atomic E-state index is 14.8. The molecule has 1 aliphatic heterocycles. The van der Waals surface area contributed by atoms with Crippen molar-refractivity contribution in [2.75, 3.05) is 72.8 Å². The number of carbonyl (C=O) groups is 16. The Morgan fingerprint density at radius 3 is 1.46 bits per heavy atom. The lowest BCUT2D eigenvalue weighted by molar-refractivity contribution is -0.384. The minimum absolute atomic E-state index is 0.0226. The van der Waals surface area contributed by atoms with Crippen LogP contribution in [0.3, 0.4) is 0 Å². The van der Waals surface area contributed by atoms with Crippen molar-refractivity contribution in [1.29, 1.82) is 0 Å². The Bertz CT molecular complexity index is 4620. The van der Waals surface area contributed by atoms with Crippen LogP contribution < -0.4 is 42.0 Å². The zero-order valence-corrected chi connectivity index (χ0v) is 79.9. The van der Waals surface area contributed by atoms with Crippen LogP contribution in [0.25, 0.3) is 0 Å². The summed E-state index contributed by atoms with van der Waals surface area (Å²) in [5.41, 5.74) is 2.56. The highest BCUT2D eigenvalue weighted by atomic mass is 16.7. The van der Waals surface area contributed by atoms with E-state index < -0.39 is 143 Å². The number of nitro benzene ring substituents is 1. The molecule has 10 amide bonds. The molecule has 0 unspecified atom stereocenters. The van der Waals surface area contributed by atoms with E-state index in [-0.39, 0.29) is 141 Å². The Labute approximate surface area is 777 Å². The first-order valence-corrected chi connectivity index (χ1v) is 44.5. The van der Waals surface area contributed by atoms with Gasteiger partial charge < -0.3 is 90.2 Å². The lowest BCUT2D eigenvalue weighted by Crippen LogP contribution is -2.55. The molecule has 37 heteroatoms. The van der Waals surface area contributed by atoms with E-state index in [1.165, 1.54) is 64.7 Å². The number of nitrogens with zero attached hydrogens (tertiary/aromatic N) is 4. The van der Waals surface area contributed by atoms with Crippen LogP contribution in [-0.4, -0.2) is 230 Å². The number of nitro groups is 1. The van der Waals surface area contributed by atoms with Crippen LogP contribution >= 0.6 is 0 Å². The smallest absolute Gasteiger partial charge is 0.466 e. The number of aliphatic hydroxyl groups is 1. The number of methoxy groups -OCH3 is 4. The second-order valence-corrected chi connectivity index (χ2v) is 34.4. The molecule has 14 atom stereocenters. The molecule has 4 aromatic carbocycles. The summed E-state index contributed by atoms with van der Waals surface area (Å²) in [7, 11) is 8.55. The second-order valence-electron chi connectivity index (χ2n) is 34.4. The Hall–Kier alpha value is -12.6. The van der Waals surface area contributed by atoms with Gasteiger partial charge in [-0.2, -0.15) is 0 Å². The molecular formula is C96H135N11O26. The Kier molecular flexibility index (Phi) is 48.2. The first-order chi connectivity index (χ1) is 62.8. The third-order valence-corrected chi connectivity index (χ3v) is 22.9. The van der Waals surface area contributed by atoms with Gasteiger partial charge >= 0.3 is 24.2 Å².